The van der Waals surface area contributed by atoms with Gasteiger partial charge in [0.1, 0.15) is 0 Å². The number of hydrogen-bond acceptors (Lipinski definition) is 3. The molecule has 17 heavy (non-hydrogen) atoms. The van der Waals surface area contributed by atoms with Gasteiger partial charge in [0.2, 0.25) is 0 Å². The number of rotatable bonds is 9. The minimum Gasteiger partial charge on any atom is -0.481 e. The molecule has 0 unspecified atom stereocenters. The molecule has 0 amide bonds. The molecule has 4 nitrogen and oxygen atoms in total. The van der Waals surface area contributed by atoms with Crippen molar-refractivity contribution in [2.45, 2.75) is 33.1 Å². The predicted octanol–water partition coefficient (Wildman–Crippen LogP) is 1.76. The highest BCUT2D eigenvalue weighted by atomic mass is 16.4. The molecule has 1 N–H and O–H groups in total. The van der Waals surface area contributed by atoms with Gasteiger partial charge in [-0.15, -0.1) is 0 Å². The third-order valence-electron chi connectivity index (χ3n) is 3.10. The zero-order chi connectivity index (χ0) is 13.5. The van der Waals surface area contributed by atoms with Crippen LogP contribution in [-0.4, -0.2) is 61.7 Å². The maximum absolute atomic E-state index is 10.9. The summed E-state index contributed by atoms with van der Waals surface area (Å²) in [7, 11) is 6.26. The van der Waals surface area contributed by atoms with Crippen LogP contribution in [0.4, 0.5) is 0 Å². The van der Waals surface area contributed by atoms with Gasteiger partial charge in [0, 0.05) is 13.1 Å². The molecular weight excluding hydrogens is 216 g/mol. The Morgan fingerprint density at radius 1 is 1.06 bits per heavy atom. The Kier molecular flexibility index (Phi) is 7.39. The standard InChI is InChI=1S/C13H28N2O2/c1-13(2,12(16)17)8-6-7-9-15(5)11-10-14(3)4/h6-11H2,1-5H3,(H,16,17). The molecule has 0 aliphatic rings. The SMILES string of the molecule is CN(C)CCN(C)CCCCC(C)(C)C(=O)O. The van der Waals surface area contributed by atoms with Gasteiger partial charge in [0.25, 0.3) is 0 Å². The van der Waals surface area contributed by atoms with Crippen LogP contribution in [0.25, 0.3) is 0 Å². The molecule has 0 aliphatic carbocycles. The summed E-state index contributed by atoms with van der Waals surface area (Å²) in [5, 5.41) is 8.98. The third-order valence-corrected chi connectivity index (χ3v) is 3.10. The average Bonchev–Trinajstić information content (AvgIpc) is 2.21. The highest BCUT2D eigenvalue weighted by molar-refractivity contribution is 5.73. The molecule has 0 aromatic carbocycles. The molecule has 102 valence electrons. The lowest BCUT2D eigenvalue weighted by molar-refractivity contribution is -0.147. The van der Waals surface area contributed by atoms with Crippen molar-refractivity contribution in [2.75, 3.05) is 40.8 Å². The first-order valence-corrected chi connectivity index (χ1v) is 6.32. The number of hydrogen-bond donors (Lipinski definition) is 1. The summed E-state index contributed by atoms with van der Waals surface area (Å²) in [6.07, 6.45) is 2.80. The Morgan fingerprint density at radius 3 is 2.12 bits per heavy atom. The second-order valence-electron chi connectivity index (χ2n) is 5.75. The van der Waals surface area contributed by atoms with Crippen LogP contribution in [0.1, 0.15) is 33.1 Å². The van der Waals surface area contributed by atoms with E-state index in [1.54, 1.807) is 13.8 Å². The number of aliphatic carboxylic acids is 1. The first-order chi connectivity index (χ1) is 7.75. The van der Waals surface area contributed by atoms with Crippen LogP contribution in [0.3, 0.4) is 0 Å². The Labute approximate surface area is 106 Å². The van der Waals surface area contributed by atoms with Crippen molar-refractivity contribution >= 4 is 5.97 Å². The normalized spacial score (nSPS) is 12.4. The molecule has 0 aliphatic heterocycles. The highest BCUT2D eigenvalue weighted by Gasteiger charge is 2.25. The fourth-order valence-electron chi connectivity index (χ4n) is 1.54. The zero-order valence-electron chi connectivity index (χ0n) is 12.0. The van der Waals surface area contributed by atoms with Crippen molar-refractivity contribution in [1.82, 2.24) is 9.80 Å². The molecule has 0 rings (SSSR count). The predicted molar refractivity (Wildman–Crippen MR) is 71.3 cm³/mol. The lowest BCUT2D eigenvalue weighted by atomic mass is 9.87. The minimum atomic E-state index is -0.696. The minimum absolute atomic E-state index is 0.581. The Balaban J connectivity index is 3.61. The van der Waals surface area contributed by atoms with Crippen LogP contribution in [0.5, 0.6) is 0 Å². The topological polar surface area (TPSA) is 43.8 Å². The van der Waals surface area contributed by atoms with E-state index >= 15 is 0 Å². The van der Waals surface area contributed by atoms with E-state index in [4.69, 9.17) is 5.11 Å². The summed E-state index contributed by atoms with van der Waals surface area (Å²) in [4.78, 5) is 15.4. The van der Waals surface area contributed by atoms with Gasteiger partial charge in [0.05, 0.1) is 5.41 Å². The monoisotopic (exact) mass is 244 g/mol. The number of carbonyl (C=O) groups is 1. The summed E-state index contributed by atoms with van der Waals surface area (Å²) in [5.41, 5.74) is -0.581. The molecule has 0 saturated heterocycles. The fraction of sp³-hybridized carbons (Fsp3) is 0.923. The van der Waals surface area contributed by atoms with Crippen molar-refractivity contribution in [1.29, 1.82) is 0 Å². The molecule has 0 spiro atoms. The highest BCUT2D eigenvalue weighted by Crippen LogP contribution is 2.23. The summed E-state index contributed by atoms with van der Waals surface area (Å²) < 4.78 is 0. The smallest absolute Gasteiger partial charge is 0.309 e. The van der Waals surface area contributed by atoms with Gasteiger partial charge in [-0.05, 0) is 54.4 Å². The van der Waals surface area contributed by atoms with Crippen LogP contribution in [0, 0.1) is 5.41 Å². The van der Waals surface area contributed by atoms with E-state index in [9.17, 15) is 4.79 Å². The largest absolute Gasteiger partial charge is 0.481 e. The van der Waals surface area contributed by atoms with E-state index in [-0.39, 0.29) is 0 Å². The molecule has 4 heteroatoms. The molecule has 0 heterocycles. The Bertz CT molecular complexity index is 227. The van der Waals surface area contributed by atoms with Crippen LogP contribution in [0.15, 0.2) is 0 Å². The lowest BCUT2D eigenvalue weighted by Crippen LogP contribution is -2.29. The number of likely N-dealkylation sites (N-methyl/N-ethyl adjacent to an activating group) is 2. The quantitative estimate of drug-likeness (QED) is 0.628. The first-order valence-electron chi connectivity index (χ1n) is 6.32. The van der Waals surface area contributed by atoms with Crippen LogP contribution in [-0.2, 0) is 4.79 Å². The Morgan fingerprint density at radius 2 is 1.65 bits per heavy atom. The van der Waals surface area contributed by atoms with Gasteiger partial charge in [-0.1, -0.05) is 6.42 Å². The number of carboxylic acid groups (broad SMARTS) is 1. The molecule has 0 aromatic heterocycles. The van der Waals surface area contributed by atoms with Gasteiger partial charge >= 0.3 is 5.97 Å². The van der Waals surface area contributed by atoms with Crippen molar-refractivity contribution in [3.05, 3.63) is 0 Å². The van der Waals surface area contributed by atoms with Crippen molar-refractivity contribution in [2.24, 2.45) is 5.41 Å². The maximum Gasteiger partial charge on any atom is 0.309 e. The first kappa shape index (κ1) is 16.4. The van der Waals surface area contributed by atoms with E-state index < -0.39 is 11.4 Å². The number of carboxylic acids is 1. The second kappa shape index (κ2) is 7.67. The molecule has 0 bridgehead atoms. The fourth-order valence-corrected chi connectivity index (χ4v) is 1.54. The average molecular weight is 244 g/mol. The van der Waals surface area contributed by atoms with Crippen LogP contribution < -0.4 is 0 Å². The third kappa shape index (κ3) is 8.16. The van der Waals surface area contributed by atoms with E-state index in [2.05, 4.69) is 30.9 Å². The molecule has 0 aromatic rings. The number of unbranched alkanes of at least 4 members (excludes halogenated alkanes) is 1. The van der Waals surface area contributed by atoms with Gasteiger partial charge in [-0.2, -0.15) is 0 Å². The molecule has 0 atom stereocenters. The van der Waals surface area contributed by atoms with Gasteiger partial charge in [-0.25, -0.2) is 0 Å². The summed E-state index contributed by atoms with van der Waals surface area (Å²) in [6.45, 7) is 6.77. The molecule has 0 radical (unpaired) electrons. The molecular formula is C13H28N2O2. The van der Waals surface area contributed by atoms with E-state index in [0.29, 0.717) is 0 Å². The van der Waals surface area contributed by atoms with Crippen LogP contribution in [0.2, 0.25) is 0 Å². The van der Waals surface area contributed by atoms with Crippen LogP contribution >= 0.6 is 0 Å². The summed E-state index contributed by atoms with van der Waals surface area (Å²) in [6, 6.07) is 0. The maximum atomic E-state index is 10.9. The zero-order valence-corrected chi connectivity index (χ0v) is 12.0. The Hall–Kier alpha value is -0.610. The summed E-state index contributed by atoms with van der Waals surface area (Å²) >= 11 is 0. The molecule has 0 fully saturated rings. The van der Waals surface area contributed by atoms with Gasteiger partial charge < -0.3 is 14.9 Å². The second-order valence-corrected chi connectivity index (χ2v) is 5.75. The van der Waals surface area contributed by atoms with Crippen molar-refractivity contribution in [3.63, 3.8) is 0 Å². The van der Waals surface area contributed by atoms with Crippen molar-refractivity contribution in [3.8, 4) is 0 Å². The van der Waals surface area contributed by atoms with Gasteiger partial charge in [0.15, 0.2) is 0 Å². The molecule has 0 saturated carbocycles. The van der Waals surface area contributed by atoms with E-state index in [1.165, 1.54) is 0 Å². The van der Waals surface area contributed by atoms with Crippen molar-refractivity contribution < 1.29 is 9.90 Å². The van der Waals surface area contributed by atoms with E-state index in [1.807, 2.05) is 0 Å². The van der Waals surface area contributed by atoms with E-state index in [0.717, 1.165) is 38.9 Å². The summed E-state index contributed by atoms with van der Waals surface area (Å²) in [5.74, 6) is -0.696. The van der Waals surface area contributed by atoms with Gasteiger partial charge in [-0.3, -0.25) is 4.79 Å². The lowest BCUT2D eigenvalue weighted by Gasteiger charge is -2.21. The number of nitrogens with zero attached hydrogens (tertiary/aromatic N) is 2.